The number of nitrogens with one attached hydrogen (secondary N) is 1. The van der Waals surface area contributed by atoms with E-state index in [1.807, 2.05) is 13.8 Å². The van der Waals surface area contributed by atoms with Crippen molar-refractivity contribution in [3.8, 4) is 0 Å². The average Bonchev–Trinajstić information content (AvgIpc) is 2.26. The first-order chi connectivity index (χ1) is 7.41. The first kappa shape index (κ1) is 14.8. The van der Waals surface area contributed by atoms with Crippen molar-refractivity contribution in [2.45, 2.75) is 13.8 Å². The fraction of sp³-hybridized carbons (Fsp3) is 1.00. The van der Waals surface area contributed by atoms with E-state index >= 15 is 0 Å². The fourth-order valence-electron chi connectivity index (χ4n) is 0.816. The molecule has 0 amide bonds. The van der Waals surface area contributed by atoms with Crippen LogP contribution in [0.4, 0.5) is 0 Å². The fourth-order valence-corrected chi connectivity index (χ4v) is 0.816. The normalized spacial score (nSPS) is 10.8. The van der Waals surface area contributed by atoms with Gasteiger partial charge in [0.25, 0.3) is 0 Å². The number of rotatable bonds is 12. The molecule has 0 fully saturated rings. The van der Waals surface area contributed by atoms with E-state index in [1.165, 1.54) is 0 Å². The predicted octanol–water partition coefficient (Wildman–Crippen LogP) is 0.597. The molecule has 0 atom stereocenters. The Labute approximate surface area is 92.0 Å². The van der Waals surface area contributed by atoms with Gasteiger partial charge in [-0.1, -0.05) is 0 Å². The predicted molar refractivity (Wildman–Crippen MR) is 57.8 cm³/mol. The van der Waals surface area contributed by atoms with Crippen LogP contribution in [-0.2, 0) is 18.9 Å². The summed E-state index contributed by atoms with van der Waals surface area (Å²) in [6.07, 6.45) is 0. The van der Waals surface area contributed by atoms with Crippen molar-refractivity contribution in [3.63, 3.8) is 0 Å². The van der Waals surface area contributed by atoms with E-state index in [2.05, 4.69) is 5.32 Å². The van der Waals surface area contributed by atoms with Crippen LogP contribution >= 0.6 is 0 Å². The van der Waals surface area contributed by atoms with E-state index in [4.69, 9.17) is 18.9 Å². The second kappa shape index (κ2) is 13.8. The second-order valence-corrected chi connectivity index (χ2v) is 2.79. The molecule has 0 aromatic heterocycles. The summed E-state index contributed by atoms with van der Waals surface area (Å²) in [5.41, 5.74) is 0. The molecule has 5 heteroatoms. The second-order valence-electron chi connectivity index (χ2n) is 2.79. The van der Waals surface area contributed by atoms with Crippen LogP contribution in [0.5, 0.6) is 0 Å². The first-order valence-electron chi connectivity index (χ1n) is 5.43. The lowest BCUT2D eigenvalue weighted by atomic mass is 10.6. The highest BCUT2D eigenvalue weighted by molar-refractivity contribution is 4.43. The Morgan fingerprint density at radius 2 is 1.20 bits per heavy atom. The standard InChI is InChI=1S/C10H23NO4/c1-3-12-9-14-7-5-11-6-8-15-10-13-4-2/h11H,3-10H2,1-2H3. The molecule has 0 heterocycles. The maximum absolute atomic E-state index is 5.17. The lowest BCUT2D eigenvalue weighted by Gasteiger charge is -2.06. The van der Waals surface area contributed by atoms with Crippen LogP contribution in [0, 0.1) is 0 Å². The summed E-state index contributed by atoms with van der Waals surface area (Å²) in [6.45, 7) is 8.96. The molecule has 0 aromatic rings. The Morgan fingerprint density at radius 3 is 1.60 bits per heavy atom. The van der Waals surface area contributed by atoms with Gasteiger partial charge in [-0.05, 0) is 13.8 Å². The lowest BCUT2D eigenvalue weighted by Crippen LogP contribution is -2.24. The van der Waals surface area contributed by atoms with Crippen molar-refractivity contribution < 1.29 is 18.9 Å². The third-order valence-corrected chi connectivity index (χ3v) is 1.59. The van der Waals surface area contributed by atoms with Crippen LogP contribution in [0.3, 0.4) is 0 Å². The summed E-state index contributed by atoms with van der Waals surface area (Å²) in [5, 5.41) is 3.18. The van der Waals surface area contributed by atoms with Crippen LogP contribution in [0.2, 0.25) is 0 Å². The molecule has 0 unspecified atom stereocenters. The number of hydrogen-bond acceptors (Lipinski definition) is 5. The van der Waals surface area contributed by atoms with Crippen LogP contribution < -0.4 is 5.32 Å². The van der Waals surface area contributed by atoms with Gasteiger partial charge < -0.3 is 24.3 Å². The smallest absolute Gasteiger partial charge is 0.146 e. The highest BCUT2D eigenvalue weighted by Crippen LogP contribution is 1.78. The summed E-state index contributed by atoms with van der Waals surface area (Å²) >= 11 is 0. The molecule has 1 N–H and O–H groups in total. The van der Waals surface area contributed by atoms with Crippen molar-refractivity contribution >= 4 is 0 Å². The Kier molecular flexibility index (Phi) is 13.6. The summed E-state index contributed by atoms with van der Waals surface area (Å²) in [7, 11) is 0. The molecule has 0 rings (SSSR count). The van der Waals surface area contributed by atoms with E-state index < -0.39 is 0 Å². The molecule has 0 saturated carbocycles. The van der Waals surface area contributed by atoms with Crippen LogP contribution in [-0.4, -0.2) is 53.1 Å². The van der Waals surface area contributed by atoms with Crippen molar-refractivity contribution in [2.75, 3.05) is 53.1 Å². The highest BCUT2D eigenvalue weighted by atomic mass is 16.7. The van der Waals surface area contributed by atoms with Gasteiger partial charge in [-0.2, -0.15) is 0 Å². The zero-order valence-electron chi connectivity index (χ0n) is 9.79. The minimum Gasteiger partial charge on any atom is -0.356 e. The SMILES string of the molecule is CCOCOCCNCCOCOCC. The molecule has 0 spiro atoms. The third-order valence-electron chi connectivity index (χ3n) is 1.59. The van der Waals surface area contributed by atoms with E-state index in [0.29, 0.717) is 40.0 Å². The largest absolute Gasteiger partial charge is 0.356 e. The molecule has 15 heavy (non-hydrogen) atoms. The molecule has 0 aliphatic carbocycles. The maximum atomic E-state index is 5.17. The van der Waals surface area contributed by atoms with Crippen LogP contribution in [0.1, 0.15) is 13.8 Å². The van der Waals surface area contributed by atoms with Gasteiger partial charge in [-0.25, -0.2) is 0 Å². The molecular weight excluding hydrogens is 198 g/mol. The Morgan fingerprint density at radius 1 is 0.733 bits per heavy atom. The summed E-state index contributed by atoms with van der Waals surface area (Å²) in [4.78, 5) is 0. The molecule has 0 saturated heterocycles. The van der Waals surface area contributed by atoms with Gasteiger partial charge in [0, 0.05) is 26.3 Å². The Bertz CT molecular complexity index is 102. The Hall–Kier alpha value is -0.200. The van der Waals surface area contributed by atoms with Gasteiger partial charge in [-0.3, -0.25) is 0 Å². The van der Waals surface area contributed by atoms with Gasteiger partial charge in [0.2, 0.25) is 0 Å². The summed E-state index contributed by atoms with van der Waals surface area (Å²) in [5.74, 6) is 0. The molecule has 0 bridgehead atoms. The quantitative estimate of drug-likeness (QED) is 0.386. The summed E-state index contributed by atoms with van der Waals surface area (Å²) in [6, 6.07) is 0. The van der Waals surface area contributed by atoms with Crippen molar-refractivity contribution in [1.82, 2.24) is 5.32 Å². The average molecular weight is 221 g/mol. The van der Waals surface area contributed by atoms with E-state index in [9.17, 15) is 0 Å². The van der Waals surface area contributed by atoms with Gasteiger partial charge in [0.15, 0.2) is 0 Å². The molecule has 0 aliphatic rings. The summed E-state index contributed by atoms with van der Waals surface area (Å²) < 4.78 is 20.4. The molecular formula is C10H23NO4. The maximum Gasteiger partial charge on any atom is 0.146 e. The Balaban J connectivity index is 2.81. The molecule has 5 nitrogen and oxygen atoms in total. The van der Waals surface area contributed by atoms with Crippen LogP contribution in [0.25, 0.3) is 0 Å². The molecule has 0 aromatic carbocycles. The van der Waals surface area contributed by atoms with Gasteiger partial charge in [0.1, 0.15) is 13.6 Å². The van der Waals surface area contributed by atoms with Crippen molar-refractivity contribution in [3.05, 3.63) is 0 Å². The number of hydrogen-bond donors (Lipinski definition) is 1. The van der Waals surface area contributed by atoms with Crippen molar-refractivity contribution in [1.29, 1.82) is 0 Å². The van der Waals surface area contributed by atoms with Gasteiger partial charge in [0.05, 0.1) is 13.2 Å². The molecule has 0 aliphatic heterocycles. The van der Waals surface area contributed by atoms with Crippen LogP contribution in [0.15, 0.2) is 0 Å². The molecule has 92 valence electrons. The zero-order valence-corrected chi connectivity index (χ0v) is 9.79. The highest BCUT2D eigenvalue weighted by Gasteiger charge is 1.89. The van der Waals surface area contributed by atoms with E-state index in [0.717, 1.165) is 13.1 Å². The van der Waals surface area contributed by atoms with Crippen molar-refractivity contribution in [2.24, 2.45) is 0 Å². The van der Waals surface area contributed by atoms with E-state index in [1.54, 1.807) is 0 Å². The topological polar surface area (TPSA) is 49.0 Å². The van der Waals surface area contributed by atoms with Gasteiger partial charge in [-0.15, -0.1) is 0 Å². The first-order valence-corrected chi connectivity index (χ1v) is 5.43. The number of ether oxygens (including phenoxy) is 4. The van der Waals surface area contributed by atoms with Gasteiger partial charge >= 0.3 is 0 Å². The third kappa shape index (κ3) is 13.8. The minimum absolute atomic E-state index is 0.374. The zero-order chi connectivity index (χ0) is 11.2. The monoisotopic (exact) mass is 221 g/mol. The molecule has 0 radical (unpaired) electrons. The van der Waals surface area contributed by atoms with E-state index in [-0.39, 0.29) is 0 Å². The lowest BCUT2D eigenvalue weighted by molar-refractivity contribution is -0.0527. The minimum atomic E-state index is 0.374.